The number of anilines is 2. The van der Waals surface area contributed by atoms with Gasteiger partial charge in [0.1, 0.15) is 0 Å². The summed E-state index contributed by atoms with van der Waals surface area (Å²) in [4.78, 5) is 0. The molecule has 0 fully saturated rings. The monoisotopic (exact) mass is 128 g/mol. The van der Waals surface area contributed by atoms with Gasteiger partial charge in [-0.25, -0.2) is 0 Å². The average Bonchev–Trinajstić information content (AvgIpc) is 1.82. The predicted molar refractivity (Wildman–Crippen MR) is 45.4 cm³/mol. The Bertz CT molecular complexity index is 235. The van der Waals surface area contributed by atoms with Crippen molar-refractivity contribution in [2.45, 2.75) is 6.92 Å². The first-order chi connectivity index (χ1) is 4.61. The third-order valence-electron chi connectivity index (χ3n) is 1.73. The van der Waals surface area contributed by atoms with Gasteiger partial charge in [-0.2, -0.15) is 0 Å². The molecule has 0 atom stereocenters. The summed E-state index contributed by atoms with van der Waals surface area (Å²) >= 11 is 2.00. The van der Waals surface area contributed by atoms with Crippen molar-refractivity contribution >= 4 is 33.3 Å². The number of nitrogen functional groups attached to an aromatic ring is 2. The fourth-order valence-corrected chi connectivity index (χ4v) is 0.915. The third-order valence-corrected chi connectivity index (χ3v) is 1.73. The molecular weight excluding hydrogens is 119 g/mol. The quantitative estimate of drug-likeness (QED) is 0.380. The van der Waals surface area contributed by atoms with Gasteiger partial charge in [0.05, 0.1) is 0 Å². The van der Waals surface area contributed by atoms with Gasteiger partial charge in [0.2, 0.25) is 0 Å². The molecule has 0 aromatic heterocycles. The number of rotatable bonds is 0. The van der Waals surface area contributed by atoms with Gasteiger partial charge in [-0.05, 0) is 0 Å². The number of hydrogen-bond acceptors (Lipinski definition) is 2. The molecule has 1 rings (SSSR count). The van der Waals surface area contributed by atoms with Crippen molar-refractivity contribution in [2.75, 3.05) is 11.5 Å². The molecule has 0 unspecified atom stereocenters. The van der Waals surface area contributed by atoms with Crippen LogP contribution in [0.5, 0.6) is 0 Å². The van der Waals surface area contributed by atoms with Crippen LogP contribution in [0.1, 0.15) is 5.56 Å². The molecule has 10 heavy (non-hydrogen) atoms. The molecule has 0 aliphatic heterocycles. The van der Waals surface area contributed by atoms with E-state index in [0.717, 1.165) is 21.2 Å². The fourth-order valence-electron chi connectivity index (χ4n) is 0.915. The summed E-state index contributed by atoms with van der Waals surface area (Å²) in [6.45, 7) is 1.99. The van der Waals surface area contributed by atoms with Crippen LogP contribution in [-0.4, -0.2) is 17.7 Å². The Morgan fingerprint density at radius 1 is 1.30 bits per heavy atom. The molecule has 0 aliphatic rings. The number of hydrogen-bond donors (Lipinski definition) is 2. The van der Waals surface area contributed by atoms with Crippen molar-refractivity contribution in [1.29, 1.82) is 0 Å². The maximum absolute atomic E-state index is 5.64. The summed E-state index contributed by atoms with van der Waals surface area (Å²) < 4.78 is 1.15. The van der Waals surface area contributed by atoms with E-state index in [1.807, 2.05) is 30.7 Å². The van der Waals surface area contributed by atoms with E-state index in [9.17, 15) is 0 Å². The van der Waals surface area contributed by atoms with E-state index in [1.165, 1.54) is 0 Å². The van der Waals surface area contributed by atoms with Gasteiger partial charge in [-0.3, -0.25) is 0 Å². The van der Waals surface area contributed by atoms with Crippen LogP contribution in [0.25, 0.3) is 0 Å². The zero-order valence-corrected chi connectivity index (χ0v) is 6.31. The van der Waals surface area contributed by atoms with Crippen LogP contribution >= 0.6 is 0 Å². The van der Waals surface area contributed by atoms with E-state index >= 15 is 0 Å². The normalized spacial score (nSPS) is 9.90. The number of nitrogens with two attached hydrogens (primary N) is 2. The molecule has 48 valence electrons. The molecule has 0 amide bonds. The molecule has 0 saturated heterocycles. The summed E-state index contributed by atoms with van der Waals surface area (Å²) in [5.74, 6) is 0. The Labute approximate surface area is 69.8 Å². The van der Waals surface area contributed by atoms with Crippen molar-refractivity contribution in [3.8, 4) is 0 Å². The molecule has 0 heterocycles. The van der Waals surface area contributed by atoms with Gasteiger partial charge in [0, 0.05) is 0 Å². The topological polar surface area (TPSA) is 52.0 Å². The second kappa shape index (κ2) is 2.57. The van der Waals surface area contributed by atoms with E-state index in [4.69, 9.17) is 11.5 Å². The Morgan fingerprint density at radius 2 is 1.90 bits per heavy atom. The molecule has 3 heteroatoms. The van der Waals surface area contributed by atoms with Crippen molar-refractivity contribution in [1.82, 2.24) is 0 Å². The minimum atomic E-state index is 0.737. The van der Waals surface area contributed by atoms with Crippen LogP contribution in [-0.2, 0) is 0 Å². The van der Waals surface area contributed by atoms with E-state index in [1.54, 1.807) is 6.07 Å². The predicted octanol–water partition coefficient (Wildman–Crippen LogP) is -0.0468. The zero-order chi connectivity index (χ0) is 7.72. The summed E-state index contributed by atoms with van der Waals surface area (Å²) in [5, 5.41) is 0. The van der Waals surface area contributed by atoms with Crippen molar-refractivity contribution in [3.05, 3.63) is 17.7 Å². The molecule has 0 aliphatic carbocycles. The second-order valence-electron chi connectivity index (χ2n) is 2.55. The van der Waals surface area contributed by atoms with Gasteiger partial charge >= 0.3 is 69.4 Å². The second-order valence-corrected chi connectivity index (χ2v) is 2.55. The number of benzene rings is 1. The Kier molecular flexibility index (Phi) is 1.94. The average molecular weight is 128 g/mol. The molecule has 1 aromatic rings. The summed E-state index contributed by atoms with van der Waals surface area (Å²) in [7, 11) is 0. The first-order valence-electron chi connectivity index (χ1n) is 3.23. The molecule has 0 spiro atoms. The summed E-state index contributed by atoms with van der Waals surface area (Å²) in [6, 6.07) is 3.70. The first kappa shape index (κ1) is 7.52. The molecule has 2 nitrogen and oxygen atoms in total. The molecule has 0 bridgehead atoms. The van der Waals surface area contributed by atoms with Crippen LogP contribution < -0.4 is 15.7 Å². The molecule has 0 radical (unpaired) electrons. The van der Waals surface area contributed by atoms with E-state index in [0.29, 0.717) is 0 Å². The van der Waals surface area contributed by atoms with Gasteiger partial charge in [0.15, 0.2) is 0 Å². The minimum absolute atomic E-state index is 0.737. The Balaban J connectivity index is 3.31. The van der Waals surface area contributed by atoms with E-state index in [2.05, 4.69) is 0 Å². The van der Waals surface area contributed by atoms with E-state index in [-0.39, 0.29) is 0 Å². The molecule has 4 N–H and O–H groups in total. The molecule has 0 saturated carbocycles. The van der Waals surface area contributed by atoms with Gasteiger partial charge in [-0.15, -0.1) is 0 Å². The summed E-state index contributed by atoms with van der Waals surface area (Å²) in [6.07, 6.45) is 0. The summed E-state index contributed by atoms with van der Waals surface area (Å²) in [5.41, 5.74) is 13.8. The van der Waals surface area contributed by atoms with Gasteiger partial charge in [-0.1, -0.05) is 0 Å². The van der Waals surface area contributed by atoms with Crippen molar-refractivity contribution in [2.24, 2.45) is 0 Å². The fraction of sp³-hybridized carbons (Fsp3) is 0.143. The zero-order valence-electron chi connectivity index (χ0n) is 6.31. The SMILES string of the molecule is [Li][c]1cc(N)cc(N)c1C. The van der Waals surface area contributed by atoms with Crippen LogP contribution in [0.15, 0.2) is 12.1 Å². The first-order valence-corrected chi connectivity index (χ1v) is 3.23. The Morgan fingerprint density at radius 3 is 2.40 bits per heavy atom. The molecule has 1 aromatic carbocycles. The van der Waals surface area contributed by atoms with Gasteiger partial charge < -0.3 is 0 Å². The maximum atomic E-state index is 5.64. The van der Waals surface area contributed by atoms with Crippen LogP contribution in [0, 0.1) is 6.92 Å². The molecular formula is C7H9LiN2. The van der Waals surface area contributed by atoms with Crippen LogP contribution in [0.2, 0.25) is 0 Å². The Hall–Kier alpha value is -0.583. The van der Waals surface area contributed by atoms with Crippen LogP contribution in [0.3, 0.4) is 0 Å². The van der Waals surface area contributed by atoms with Crippen LogP contribution in [0.4, 0.5) is 11.4 Å². The van der Waals surface area contributed by atoms with Crippen molar-refractivity contribution < 1.29 is 0 Å². The third kappa shape index (κ3) is 1.29. The van der Waals surface area contributed by atoms with Crippen molar-refractivity contribution in [3.63, 3.8) is 0 Å². The van der Waals surface area contributed by atoms with E-state index < -0.39 is 0 Å². The van der Waals surface area contributed by atoms with Gasteiger partial charge in [0.25, 0.3) is 0 Å². The standard InChI is InChI=1S/C7H9N2.Li/c1-5-2-3-6(8)4-7(5)9;/h3-4H,8-9H2,1H3;.